The van der Waals surface area contributed by atoms with Gasteiger partial charge < -0.3 is 21.7 Å². The summed E-state index contributed by atoms with van der Waals surface area (Å²) in [6, 6.07) is 1.73. The summed E-state index contributed by atoms with van der Waals surface area (Å²) < 4.78 is 0. The van der Waals surface area contributed by atoms with Gasteiger partial charge in [-0.3, -0.25) is 4.79 Å². The van der Waals surface area contributed by atoms with Gasteiger partial charge in [0.25, 0.3) is 0 Å². The van der Waals surface area contributed by atoms with Crippen LogP contribution in [0.1, 0.15) is 13.3 Å². The van der Waals surface area contributed by atoms with Gasteiger partial charge in [0.15, 0.2) is 0 Å². The molecule has 0 aliphatic rings. The zero-order valence-electron chi connectivity index (χ0n) is 10.1. The second-order valence-electron chi connectivity index (χ2n) is 3.72. The van der Waals surface area contributed by atoms with E-state index in [9.17, 15) is 4.79 Å². The zero-order valence-corrected chi connectivity index (χ0v) is 10.1. The molecule has 0 saturated carbocycles. The fourth-order valence-electron chi connectivity index (χ4n) is 1.31. The minimum atomic E-state index is -0.423. The second-order valence-corrected chi connectivity index (χ2v) is 3.72. The number of nitrogens with two attached hydrogens (primary N) is 2. The molecule has 0 radical (unpaired) electrons. The highest BCUT2D eigenvalue weighted by Gasteiger charge is 2.08. The number of nitrogen functional groups attached to an aromatic ring is 1. The van der Waals surface area contributed by atoms with Crippen molar-refractivity contribution in [2.24, 2.45) is 5.73 Å². The third-order valence-electron chi connectivity index (χ3n) is 2.07. The van der Waals surface area contributed by atoms with E-state index >= 15 is 0 Å². The van der Waals surface area contributed by atoms with Crippen LogP contribution in [0.4, 0.5) is 17.6 Å². The summed E-state index contributed by atoms with van der Waals surface area (Å²) in [5.41, 5.74) is 10.7. The molecule has 0 spiro atoms. The topological polar surface area (TPSA) is 110 Å². The highest BCUT2D eigenvalue weighted by Crippen LogP contribution is 2.15. The normalized spacial score (nSPS) is 10.0. The number of aromatic nitrogens is 2. The van der Waals surface area contributed by atoms with Crippen LogP contribution in [0.25, 0.3) is 0 Å². The van der Waals surface area contributed by atoms with E-state index < -0.39 is 5.91 Å². The zero-order chi connectivity index (χ0) is 12.8. The molecule has 17 heavy (non-hydrogen) atoms. The first-order chi connectivity index (χ1) is 8.02. The molecule has 1 amide bonds. The van der Waals surface area contributed by atoms with E-state index in [2.05, 4.69) is 22.2 Å². The molecule has 0 aliphatic heterocycles. The molecule has 0 aliphatic carbocycles. The number of nitrogens with one attached hydrogen (secondary N) is 1. The van der Waals surface area contributed by atoms with E-state index in [1.807, 2.05) is 0 Å². The number of carbonyl (C=O) groups excluding carboxylic acids is 1. The molecule has 1 aromatic rings. The van der Waals surface area contributed by atoms with Crippen LogP contribution in [-0.4, -0.2) is 36.0 Å². The molecule has 94 valence electrons. The molecule has 1 heterocycles. The Morgan fingerprint density at radius 3 is 2.82 bits per heavy atom. The fraction of sp³-hybridized carbons (Fsp3) is 0.500. The maximum absolute atomic E-state index is 10.8. The number of anilines is 3. The van der Waals surface area contributed by atoms with Crippen molar-refractivity contribution < 1.29 is 4.79 Å². The van der Waals surface area contributed by atoms with Gasteiger partial charge in [-0.1, -0.05) is 6.92 Å². The molecule has 7 nitrogen and oxygen atoms in total. The van der Waals surface area contributed by atoms with Crippen LogP contribution in [0.3, 0.4) is 0 Å². The summed E-state index contributed by atoms with van der Waals surface area (Å²) in [7, 11) is 1.72. The SMILES string of the molecule is CCCNc1cc(N(C)CC(N)=O)nc(N)n1. The van der Waals surface area contributed by atoms with E-state index in [1.54, 1.807) is 18.0 Å². The molecule has 1 rings (SSSR count). The van der Waals surface area contributed by atoms with E-state index in [0.29, 0.717) is 11.6 Å². The molecule has 0 bridgehead atoms. The number of hydrogen-bond donors (Lipinski definition) is 3. The standard InChI is InChI=1S/C10H18N6O/c1-3-4-13-8-5-9(15-10(12)14-8)16(2)6-7(11)17/h5H,3-4,6H2,1-2H3,(H2,11,17)(H3,12,13,14,15). The number of primary amides is 1. The molecule has 0 aromatic carbocycles. The molecule has 0 saturated heterocycles. The molecule has 0 unspecified atom stereocenters. The summed E-state index contributed by atoms with van der Waals surface area (Å²) in [4.78, 5) is 20.5. The van der Waals surface area contributed by atoms with Crippen molar-refractivity contribution >= 4 is 23.5 Å². The Labute approximate surface area is 100 Å². The number of likely N-dealkylation sites (N-methyl/N-ethyl adjacent to an activating group) is 1. The lowest BCUT2D eigenvalue weighted by molar-refractivity contribution is -0.116. The molecular weight excluding hydrogens is 220 g/mol. The average molecular weight is 238 g/mol. The summed E-state index contributed by atoms with van der Waals surface area (Å²) in [6.07, 6.45) is 0.983. The van der Waals surface area contributed by atoms with Crippen molar-refractivity contribution in [1.29, 1.82) is 0 Å². The van der Waals surface area contributed by atoms with E-state index in [1.165, 1.54) is 0 Å². The van der Waals surface area contributed by atoms with Gasteiger partial charge >= 0.3 is 0 Å². The Hall–Kier alpha value is -2.05. The number of rotatable bonds is 6. The van der Waals surface area contributed by atoms with Gasteiger partial charge in [-0.15, -0.1) is 0 Å². The van der Waals surface area contributed by atoms with Crippen molar-refractivity contribution in [3.63, 3.8) is 0 Å². The lowest BCUT2D eigenvalue weighted by Gasteiger charge is -2.17. The molecule has 7 heteroatoms. The lowest BCUT2D eigenvalue weighted by atomic mass is 10.4. The average Bonchev–Trinajstić information content (AvgIpc) is 2.24. The predicted octanol–water partition coefficient (Wildman–Crippen LogP) is -0.198. The van der Waals surface area contributed by atoms with Crippen LogP contribution >= 0.6 is 0 Å². The maximum Gasteiger partial charge on any atom is 0.236 e. The number of hydrogen-bond acceptors (Lipinski definition) is 6. The summed E-state index contributed by atoms with van der Waals surface area (Å²) >= 11 is 0. The largest absolute Gasteiger partial charge is 0.370 e. The highest BCUT2D eigenvalue weighted by atomic mass is 16.1. The third-order valence-corrected chi connectivity index (χ3v) is 2.07. The van der Waals surface area contributed by atoms with E-state index in [4.69, 9.17) is 11.5 Å². The van der Waals surface area contributed by atoms with E-state index in [0.717, 1.165) is 13.0 Å². The fourth-order valence-corrected chi connectivity index (χ4v) is 1.31. The first-order valence-electron chi connectivity index (χ1n) is 5.40. The van der Waals surface area contributed by atoms with Gasteiger partial charge in [-0.2, -0.15) is 9.97 Å². The quantitative estimate of drug-likeness (QED) is 0.633. The number of carbonyl (C=O) groups is 1. The van der Waals surface area contributed by atoms with Gasteiger partial charge in [0, 0.05) is 19.7 Å². The summed E-state index contributed by atoms with van der Waals surface area (Å²) in [6.45, 7) is 2.94. The van der Waals surface area contributed by atoms with Crippen molar-refractivity contribution in [2.75, 3.05) is 36.1 Å². The highest BCUT2D eigenvalue weighted by molar-refractivity contribution is 5.79. The molecule has 0 fully saturated rings. The molecular formula is C10H18N6O. The van der Waals surface area contributed by atoms with Gasteiger partial charge in [0.1, 0.15) is 11.6 Å². The van der Waals surface area contributed by atoms with Crippen LogP contribution in [0.5, 0.6) is 0 Å². The van der Waals surface area contributed by atoms with Crippen molar-refractivity contribution in [3.8, 4) is 0 Å². The van der Waals surface area contributed by atoms with Gasteiger partial charge in [-0.25, -0.2) is 0 Å². The summed E-state index contributed by atoms with van der Waals surface area (Å²) in [5, 5.41) is 3.11. The Morgan fingerprint density at radius 1 is 1.53 bits per heavy atom. The minimum Gasteiger partial charge on any atom is -0.370 e. The second kappa shape index (κ2) is 5.88. The van der Waals surface area contributed by atoms with Crippen LogP contribution in [0.2, 0.25) is 0 Å². The van der Waals surface area contributed by atoms with Gasteiger partial charge in [0.05, 0.1) is 6.54 Å². The van der Waals surface area contributed by atoms with Crippen molar-refractivity contribution in [3.05, 3.63) is 6.07 Å². The predicted molar refractivity (Wildman–Crippen MR) is 67.7 cm³/mol. The Morgan fingerprint density at radius 2 is 2.24 bits per heavy atom. The Bertz CT molecular complexity index is 394. The third kappa shape index (κ3) is 4.13. The Balaban J connectivity index is 2.84. The first kappa shape index (κ1) is 13.0. The monoisotopic (exact) mass is 238 g/mol. The minimum absolute atomic E-state index is 0.0870. The van der Waals surface area contributed by atoms with Gasteiger partial charge in [-0.05, 0) is 6.42 Å². The van der Waals surface area contributed by atoms with Crippen LogP contribution in [0.15, 0.2) is 6.07 Å². The molecule has 0 atom stereocenters. The van der Waals surface area contributed by atoms with Crippen LogP contribution in [0, 0.1) is 0 Å². The molecule has 1 aromatic heterocycles. The van der Waals surface area contributed by atoms with Crippen LogP contribution < -0.4 is 21.7 Å². The number of amides is 1. The van der Waals surface area contributed by atoms with E-state index in [-0.39, 0.29) is 12.5 Å². The molecule has 5 N–H and O–H groups in total. The number of nitrogens with zero attached hydrogens (tertiary/aromatic N) is 3. The maximum atomic E-state index is 10.8. The van der Waals surface area contributed by atoms with Crippen molar-refractivity contribution in [2.45, 2.75) is 13.3 Å². The van der Waals surface area contributed by atoms with Crippen LogP contribution in [-0.2, 0) is 4.79 Å². The van der Waals surface area contributed by atoms with Gasteiger partial charge in [0.2, 0.25) is 11.9 Å². The Kier molecular flexibility index (Phi) is 4.50. The first-order valence-corrected chi connectivity index (χ1v) is 5.40. The lowest BCUT2D eigenvalue weighted by Crippen LogP contribution is -2.31. The van der Waals surface area contributed by atoms with Crippen molar-refractivity contribution in [1.82, 2.24) is 9.97 Å². The smallest absolute Gasteiger partial charge is 0.236 e. The summed E-state index contributed by atoms with van der Waals surface area (Å²) in [5.74, 6) is 0.950.